The highest BCUT2D eigenvalue weighted by Gasteiger charge is 2.35. The number of aryl methyl sites for hydroxylation is 1. The molecular formula is C16H21N3O3S. The van der Waals surface area contributed by atoms with E-state index in [0.29, 0.717) is 6.42 Å². The van der Waals surface area contributed by atoms with E-state index in [1.807, 2.05) is 29.0 Å². The first-order valence-corrected chi connectivity index (χ1v) is 9.46. The Kier molecular flexibility index (Phi) is 5.39. The van der Waals surface area contributed by atoms with E-state index in [0.717, 1.165) is 43.3 Å². The number of carbonyl (C=O) groups excluding carboxylic acids is 1. The Morgan fingerprint density at radius 3 is 2.61 bits per heavy atom. The molecule has 0 aromatic heterocycles. The van der Waals surface area contributed by atoms with Crippen molar-refractivity contribution in [3.63, 3.8) is 0 Å². The quantitative estimate of drug-likeness (QED) is 0.831. The second-order valence-corrected chi connectivity index (χ2v) is 7.65. The summed E-state index contributed by atoms with van der Waals surface area (Å²) in [4.78, 5) is 11.7. The summed E-state index contributed by atoms with van der Waals surface area (Å²) in [5, 5.41) is 13.0. The standard InChI is InChI=1S/C16H21N3O3S/c1-23(21,22)19-15(20)7-6-13-4-2-3-5-14(13)16(12-17)8-10-18-11-9-16/h2-5,18H,6-11H2,1H3,(H,19,20). The molecule has 1 amide bonds. The van der Waals surface area contributed by atoms with Crippen molar-refractivity contribution in [3.8, 4) is 6.07 Å². The predicted octanol–water partition coefficient (Wildman–Crippen LogP) is 0.840. The molecule has 1 heterocycles. The molecule has 6 nitrogen and oxygen atoms in total. The zero-order valence-electron chi connectivity index (χ0n) is 13.1. The van der Waals surface area contributed by atoms with E-state index in [4.69, 9.17) is 0 Å². The Balaban J connectivity index is 2.18. The number of carbonyl (C=O) groups is 1. The van der Waals surface area contributed by atoms with E-state index in [9.17, 15) is 18.5 Å². The number of nitrogens with one attached hydrogen (secondary N) is 2. The molecule has 1 aliphatic heterocycles. The summed E-state index contributed by atoms with van der Waals surface area (Å²) in [7, 11) is -3.54. The number of nitrogens with zero attached hydrogens (tertiary/aromatic N) is 1. The van der Waals surface area contributed by atoms with Gasteiger partial charge in [-0.3, -0.25) is 9.52 Å². The Labute approximate surface area is 136 Å². The molecule has 0 saturated carbocycles. The summed E-state index contributed by atoms with van der Waals surface area (Å²) in [5.74, 6) is -0.529. The van der Waals surface area contributed by atoms with Crippen LogP contribution in [-0.4, -0.2) is 33.7 Å². The molecule has 1 aromatic carbocycles. The van der Waals surface area contributed by atoms with Crippen LogP contribution in [0.15, 0.2) is 24.3 Å². The third-order valence-electron chi connectivity index (χ3n) is 4.12. The Morgan fingerprint density at radius 1 is 1.35 bits per heavy atom. The van der Waals surface area contributed by atoms with Crippen molar-refractivity contribution in [1.82, 2.24) is 10.0 Å². The van der Waals surface area contributed by atoms with Crippen molar-refractivity contribution in [2.24, 2.45) is 0 Å². The monoisotopic (exact) mass is 335 g/mol. The Bertz CT molecular complexity index is 716. The van der Waals surface area contributed by atoms with E-state index in [-0.39, 0.29) is 6.42 Å². The van der Waals surface area contributed by atoms with E-state index >= 15 is 0 Å². The van der Waals surface area contributed by atoms with Crippen LogP contribution >= 0.6 is 0 Å². The first-order chi connectivity index (χ1) is 10.9. The highest BCUT2D eigenvalue weighted by atomic mass is 32.2. The lowest BCUT2D eigenvalue weighted by molar-refractivity contribution is -0.119. The third kappa shape index (κ3) is 4.53. The Morgan fingerprint density at radius 2 is 2.00 bits per heavy atom. The number of benzene rings is 1. The fourth-order valence-corrected chi connectivity index (χ4v) is 3.52. The molecule has 1 aliphatic rings. The van der Waals surface area contributed by atoms with E-state index < -0.39 is 21.3 Å². The van der Waals surface area contributed by atoms with Gasteiger partial charge in [-0.25, -0.2) is 8.42 Å². The number of amides is 1. The van der Waals surface area contributed by atoms with Crippen LogP contribution in [0.25, 0.3) is 0 Å². The van der Waals surface area contributed by atoms with Gasteiger partial charge >= 0.3 is 0 Å². The van der Waals surface area contributed by atoms with Crippen LogP contribution in [0.5, 0.6) is 0 Å². The minimum Gasteiger partial charge on any atom is -0.317 e. The van der Waals surface area contributed by atoms with Crippen LogP contribution in [0.4, 0.5) is 0 Å². The zero-order valence-corrected chi connectivity index (χ0v) is 13.9. The average molecular weight is 335 g/mol. The second kappa shape index (κ2) is 7.11. The lowest BCUT2D eigenvalue weighted by atomic mass is 9.72. The molecule has 0 aliphatic carbocycles. The predicted molar refractivity (Wildman–Crippen MR) is 87.1 cm³/mol. The summed E-state index contributed by atoms with van der Waals surface area (Å²) in [6.07, 6.45) is 2.91. The van der Waals surface area contributed by atoms with Gasteiger partial charge in [-0.1, -0.05) is 24.3 Å². The highest BCUT2D eigenvalue weighted by molar-refractivity contribution is 7.89. The largest absolute Gasteiger partial charge is 0.317 e. The topological polar surface area (TPSA) is 99.1 Å². The SMILES string of the molecule is CS(=O)(=O)NC(=O)CCc1ccccc1C1(C#N)CCNCC1. The minimum absolute atomic E-state index is 0.0733. The lowest BCUT2D eigenvalue weighted by Crippen LogP contribution is -2.39. The van der Waals surface area contributed by atoms with Gasteiger partial charge in [0.05, 0.1) is 17.7 Å². The van der Waals surface area contributed by atoms with E-state index in [1.165, 1.54) is 0 Å². The van der Waals surface area contributed by atoms with Gasteiger partial charge in [0.15, 0.2) is 0 Å². The summed E-state index contributed by atoms with van der Waals surface area (Å²) < 4.78 is 24.1. The molecule has 124 valence electrons. The molecule has 7 heteroatoms. The number of sulfonamides is 1. The molecule has 1 fully saturated rings. The summed E-state index contributed by atoms with van der Waals surface area (Å²) >= 11 is 0. The lowest BCUT2D eigenvalue weighted by Gasteiger charge is -2.33. The van der Waals surface area contributed by atoms with Gasteiger partial charge in [0, 0.05) is 6.42 Å². The Hall–Kier alpha value is -1.91. The molecule has 1 aromatic rings. The molecule has 0 unspecified atom stereocenters. The smallest absolute Gasteiger partial charge is 0.233 e. The minimum atomic E-state index is -3.54. The molecule has 0 spiro atoms. The maximum absolute atomic E-state index is 11.7. The molecule has 2 rings (SSSR count). The maximum atomic E-state index is 11.7. The van der Waals surface area contributed by atoms with Crippen molar-refractivity contribution in [2.75, 3.05) is 19.3 Å². The fourth-order valence-electron chi connectivity index (χ4n) is 3.01. The molecule has 0 radical (unpaired) electrons. The third-order valence-corrected chi connectivity index (χ3v) is 4.72. The molecule has 23 heavy (non-hydrogen) atoms. The van der Waals surface area contributed by atoms with E-state index in [1.54, 1.807) is 0 Å². The molecule has 0 bridgehead atoms. The van der Waals surface area contributed by atoms with Crippen LogP contribution < -0.4 is 10.0 Å². The van der Waals surface area contributed by atoms with Crippen molar-refractivity contribution in [2.45, 2.75) is 31.1 Å². The molecule has 1 saturated heterocycles. The normalized spacial score (nSPS) is 17.2. The summed E-state index contributed by atoms with van der Waals surface area (Å²) in [6, 6.07) is 10.1. The molecular weight excluding hydrogens is 314 g/mol. The highest BCUT2D eigenvalue weighted by Crippen LogP contribution is 2.35. The maximum Gasteiger partial charge on any atom is 0.233 e. The first-order valence-electron chi connectivity index (χ1n) is 7.57. The van der Waals surface area contributed by atoms with Crippen molar-refractivity contribution in [1.29, 1.82) is 5.26 Å². The number of hydrogen-bond acceptors (Lipinski definition) is 5. The zero-order chi connectivity index (χ0) is 16.9. The van der Waals surface area contributed by atoms with Crippen LogP contribution in [0, 0.1) is 11.3 Å². The number of piperidine rings is 1. The molecule has 2 N–H and O–H groups in total. The molecule has 0 atom stereocenters. The fraction of sp³-hybridized carbons (Fsp3) is 0.500. The van der Waals surface area contributed by atoms with Gasteiger partial charge in [-0.15, -0.1) is 0 Å². The number of rotatable bonds is 5. The summed E-state index contributed by atoms with van der Waals surface area (Å²) in [5.41, 5.74) is 1.35. The van der Waals surface area contributed by atoms with Gasteiger partial charge in [-0.05, 0) is 43.5 Å². The van der Waals surface area contributed by atoms with Crippen molar-refractivity contribution >= 4 is 15.9 Å². The van der Waals surface area contributed by atoms with Gasteiger partial charge in [-0.2, -0.15) is 5.26 Å². The number of hydrogen-bond donors (Lipinski definition) is 2. The summed E-state index contributed by atoms with van der Waals surface area (Å²) in [6.45, 7) is 1.58. The van der Waals surface area contributed by atoms with Gasteiger partial charge < -0.3 is 5.32 Å². The second-order valence-electron chi connectivity index (χ2n) is 5.90. The number of nitriles is 1. The van der Waals surface area contributed by atoms with Crippen LogP contribution in [0.2, 0.25) is 0 Å². The van der Waals surface area contributed by atoms with Gasteiger partial charge in [0.2, 0.25) is 15.9 Å². The van der Waals surface area contributed by atoms with Crippen LogP contribution in [0.3, 0.4) is 0 Å². The van der Waals surface area contributed by atoms with Crippen molar-refractivity contribution < 1.29 is 13.2 Å². The van der Waals surface area contributed by atoms with Gasteiger partial charge in [0.25, 0.3) is 0 Å². The van der Waals surface area contributed by atoms with Crippen LogP contribution in [-0.2, 0) is 26.7 Å². The van der Waals surface area contributed by atoms with Crippen molar-refractivity contribution in [3.05, 3.63) is 35.4 Å². The van der Waals surface area contributed by atoms with Gasteiger partial charge in [0.1, 0.15) is 0 Å². The van der Waals surface area contributed by atoms with Crippen LogP contribution in [0.1, 0.15) is 30.4 Å². The first kappa shape index (κ1) is 17.4. The average Bonchev–Trinajstić information content (AvgIpc) is 2.52. The van der Waals surface area contributed by atoms with E-state index in [2.05, 4.69) is 11.4 Å².